The molecule has 4 aromatic carbocycles. The van der Waals surface area contributed by atoms with Gasteiger partial charge in [0.15, 0.2) is 5.76 Å². The molecule has 2 amide bonds. The van der Waals surface area contributed by atoms with Crippen molar-refractivity contribution in [1.82, 2.24) is 5.43 Å². The Morgan fingerprint density at radius 3 is 2.17 bits per heavy atom. The van der Waals surface area contributed by atoms with Gasteiger partial charge in [0, 0.05) is 28.6 Å². The van der Waals surface area contributed by atoms with Gasteiger partial charge in [-0.15, -0.1) is 0 Å². The Kier molecular flexibility index (Phi) is 6.98. The number of rotatable bonds is 6. The van der Waals surface area contributed by atoms with Crippen molar-refractivity contribution in [3.63, 3.8) is 0 Å². The Labute approximate surface area is 232 Å². The third-order valence-electron chi connectivity index (χ3n) is 7.40. The lowest BCUT2D eigenvalue weighted by atomic mass is 9.90. The van der Waals surface area contributed by atoms with E-state index < -0.39 is 5.92 Å². The van der Waals surface area contributed by atoms with Gasteiger partial charge in [-0.05, 0) is 42.3 Å². The van der Waals surface area contributed by atoms with Crippen LogP contribution in [0.1, 0.15) is 57.3 Å². The fourth-order valence-electron chi connectivity index (χ4n) is 5.48. The van der Waals surface area contributed by atoms with Gasteiger partial charge in [0.05, 0.1) is 11.6 Å². The van der Waals surface area contributed by atoms with Crippen LogP contribution in [0.15, 0.2) is 113 Å². The SMILES string of the molecule is Cc1c(C(=O)Nc2cccc3ccccc23)oc2c1/C(=N/NC(=O)C(c1ccccc1)c1ccccc1)CCC2. The lowest BCUT2D eigenvalue weighted by molar-refractivity contribution is -0.121. The number of hydrogen-bond acceptors (Lipinski definition) is 4. The zero-order valence-electron chi connectivity index (χ0n) is 22.2. The summed E-state index contributed by atoms with van der Waals surface area (Å²) in [6.07, 6.45) is 2.21. The predicted molar refractivity (Wildman–Crippen MR) is 158 cm³/mol. The molecule has 1 aromatic heterocycles. The largest absolute Gasteiger partial charge is 0.455 e. The monoisotopic (exact) mass is 527 g/mol. The quantitative estimate of drug-likeness (QED) is 0.234. The summed E-state index contributed by atoms with van der Waals surface area (Å²) in [6, 6.07) is 33.1. The Hall–Kier alpha value is -4.97. The number of nitrogens with zero attached hydrogens (tertiary/aromatic N) is 1. The maximum Gasteiger partial charge on any atom is 0.291 e. The van der Waals surface area contributed by atoms with E-state index in [-0.39, 0.29) is 17.6 Å². The Morgan fingerprint density at radius 2 is 1.45 bits per heavy atom. The molecule has 0 bridgehead atoms. The molecule has 5 aromatic rings. The first kappa shape index (κ1) is 25.3. The van der Waals surface area contributed by atoms with E-state index in [1.165, 1.54) is 0 Å². The van der Waals surface area contributed by atoms with Gasteiger partial charge >= 0.3 is 0 Å². The molecule has 1 aliphatic rings. The molecule has 0 fully saturated rings. The van der Waals surface area contributed by atoms with Crippen molar-refractivity contribution in [2.75, 3.05) is 5.32 Å². The smallest absolute Gasteiger partial charge is 0.291 e. The van der Waals surface area contributed by atoms with Crippen LogP contribution in [0.3, 0.4) is 0 Å². The second-order valence-electron chi connectivity index (χ2n) is 9.98. The van der Waals surface area contributed by atoms with Crippen LogP contribution in [0.2, 0.25) is 0 Å². The molecule has 0 radical (unpaired) electrons. The van der Waals surface area contributed by atoms with Crippen LogP contribution in [0, 0.1) is 6.92 Å². The van der Waals surface area contributed by atoms with Gasteiger partial charge in [-0.3, -0.25) is 9.59 Å². The maximum atomic E-state index is 13.5. The van der Waals surface area contributed by atoms with Crippen molar-refractivity contribution < 1.29 is 14.0 Å². The Bertz CT molecular complexity index is 1680. The summed E-state index contributed by atoms with van der Waals surface area (Å²) in [5.74, 6) is -0.0259. The molecule has 0 saturated carbocycles. The number of hydrazone groups is 1. The van der Waals surface area contributed by atoms with Crippen molar-refractivity contribution in [2.45, 2.75) is 32.1 Å². The molecule has 0 spiro atoms. The standard InChI is InChI=1S/C34H29N3O3/c1-22-30-28(36-37-33(38)31(24-13-4-2-5-14-24)25-15-6-3-7-16-25)20-11-21-29(30)40-32(22)34(39)35-27-19-10-17-23-12-8-9-18-26(23)27/h2-10,12-19,31H,11,20-21H2,1H3,(H,35,39)(H,37,38)/b36-28+. The zero-order valence-corrected chi connectivity index (χ0v) is 22.2. The van der Waals surface area contributed by atoms with Crippen LogP contribution in [-0.4, -0.2) is 17.5 Å². The lowest BCUT2D eigenvalue weighted by Crippen LogP contribution is -2.28. The lowest BCUT2D eigenvalue weighted by Gasteiger charge is -2.18. The summed E-state index contributed by atoms with van der Waals surface area (Å²) in [4.78, 5) is 26.9. The molecule has 1 aliphatic carbocycles. The number of amides is 2. The number of carbonyl (C=O) groups excluding carboxylic acids is 2. The van der Waals surface area contributed by atoms with E-state index in [4.69, 9.17) is 4.42 Å². The summed E-state index contributed by atoms with van der Waals surface area (Å²) in [6.45, 7) is 1.87. The van der Waals surface area contributed by atoms with Crippen LogP contribution >= 0.6 is 0 Å². The molecule has 2 N–H and O–H groups in total. The molecule has 6 rings (SSSR count). The molecule has 6 nitrogen and oxygen atoms in total. The first-order chi connectivity index (χ1) is 19.6. The molecule has 0 atom stereocenters. The van der Waals surface area contributed by atoms with Gasteiger partial charge in [0.1, 0.15) is 5.76 Å². The highest BCUT2D eigenvalue weighted by atomic mass is 16.4. The molecule has 198 valence electrons. The summed E-state index contributed by atoms with van der Waals surface area (Å²) >= 11 is 0. The van der Waals surface area contributed by atoms with Crippen molar-refractivity contribution in [3.8, 4) is 0 Å². The van der Waals surface area contributed by atoms with E-state index in [1.54, 1.807) is 0 Å². The Balaban J connectivity index is 1.27. The van der Waals surface area contributed by atoms with Crippen molar-refractivity contribution >= 4 is 34.0 Å². The van der Waals surface area contributed by atoms with Gasteiger partial charge in [0.2, 0.25) is 0 Å². The number of fused-ring (bicyclic) bond motifs is 2. The molecular formula is C34H29N3O3. The number of anilines is 1. The van der Waals surface area contributed by atoms with E-state index in [9.17, 15) is 9.59 Å². The normalized spacial score (nSPS) is 13.8. The molecule has 6 heteroatoms. The van der Waals surface area contributed by atoms with Crippen LogP contribution in [0.25, 0.3) is 10.8 Å². The van der Waals surface area contributed by atoms with Gasteiger partial charge in [0.25, 0.3) is 11.8 Å². The second kappa shape index (κ2) is 11.0. The van der Waals surface area contributed by atoms with Gasteiger partial charge in [-0.25, -0.2) is 5.43 Å². The minimum atomic E-state index is -0.498. The van der Waals surface area contributed by atoms with Crippen molar-refractivity contribution in [2.24, 2.45) is 5.10 Å². The zero-order chi connectivity index (χ0) is 27.5. The summed E-state index contributed by atoms with van der Waals surface area (Å²) in [5.41, 5.74) is 7.59. The fraction of sp³-hybridized carbons (Fsp3) is 0.147. The maximum absolute atomic E-state index is 13.5. The van der Waals surface area contributed by atoms with Crippen LogP contribution in [0.5, 0.6) is 0 Å². The molecule has 1 heterocycles. The Morgan fingerprint density at radius 1 is 0.800 bits per heavy atom. The third kappa shape index (κ3) is 4.92. The van der Waals surface area contributed by atoms with Gasteiger partial charge in [-0.1, -0.05) is 97.1 Å². The number of nitrogens with one attached hydrogen (secondary N) is 2. The number of carbonyl (C=O) groups is 2. The third-order valence-corrected chi connectivity index (χ3v) is 7.40. The number of hydrogen-bond donors (Lipinski definition) is 2. The molecule has 0 saturated heterocycles. The van der Waals surface area contributed by atoms with E-state index in [0.717, 1.165) is 56.6 Å². The topological polar surface area (TPSA) is 83.7 Å². The van der Waals surface area contributed by atoms with Crippen LogP contribution in [0.4, 0.5) is 5.69 Å². The van der Waals surface area contributed by atoms with E-state index in [2.05, 4.69) is 15.8 Å². The number of furan rings is 1. The summed E-state index contributed by atoms with van der Waals surface area (Å²) in [5, 5.41) is 9.61. The predicted octanol–water partition coefficient (Wildman–Crippen LogP) is 6.98. The number of benzene rings is 4. The fourth-order valence-corrected chi connectivity index (χ4v) is 5.48. The molecule has 0 aliphatic heterocycles. The highest BCUT2D eigenvalue weighted by Gasteiger charge is 2.29. The summed E-state index contributed by atoms with van der Waals surface area (Å²) < 4.78 is 6.10. The molecule has 0 unspecified atom stereocenters. The van der Waals surface area contributed by atoms with Crippen molar-refractivity contribution in [3.05, 3.63) is 137 Å². The second-order valence-corrected chi connectivity index (χ2v) is 9.98. The minimum Gasteiger partial charge on any atom is -0.455 e. The van der Waals surface area contributed by atoms with Crippen molar-refractivity contribution in [1.29, 1.82) is 0 Å². The molecular weight excluding hydrogens is 498 g/mol. The van der Waals surface area contributed by atoms with Gasteiger partial charge in [-0.2, -0.15) is 5.10 Å². The van der Waals surface area contributed by atoms with E-state index >= 15 is 0 Å². The average molecular weight is 528 g/mol. The van der Waals surface area contributed by atoms with E-state index in [0.29, 0.717) is 12.8 Å². The first-order valence-electron chi connectivity index (χ1n) is 13.5. The minimum absolute atomic E-state index is 0.216. The molecule has 40 heavy (non-hydrogen) atoms. The van der Waals surface area contributed by atoms with Crippen LogP contribution in [-0.2, 0) is 11.2 Å². The van der Waals surface area contributed by atoms with Gasteiger partial charge < -0.3 is 9.73 Å². The van der Waals surface area contributed by atoms with Crippen LogP contribution < -0.4 is 10.7 Å². The average Bonchev–Trinajstić information content (AvgIpc) is 3.34. The first-order valence-corrected chi connectivity index (χ1v) is 13.5. The highest BCUT2D eigenvalue weighted by molar-refractivity contribution is 6.11. The van der Waals surface area contributed by atoms with E-state index in [1.807, 2.05) is 110 Å². The number of aryl methyl sites for hydroxylation is 1. The highest BCUT2D eigenvalue weighted by Crippen LogP contribution is 2.32. The summed E-state index contributed by atoms with van der Waals surface area (Å²) in [7, 11) is 0.